The van der Waals surface area contributed by atoms with E-state index < -0.39 is 0 Å². The van der Waals surface area contributed by atoms with Gasteiger partial charge in [0, 0.05) is 52.1 Å². The molecule has 1 atom stereocenters. The van der Waals surface area contributed by atoms with E-state index in [0.29, 0.717) is 0 Å². The van der Waals surface area contributed by atoms with Gasteiger partial charge in [-0.2, -0.15) is 5.10 Å². The van der Waals surface area contributed by atoms with Crippen molar-refractivity contribution < 1.29 is 4.74 Å². The average molecular weight is 278 g/mol. The van der Waals surface area contributed by atoms with Crippen molar-refractivity contribution in [2.24, 2.45) is 5.10 Å². The molecular formula is C15H26N4O. The zero-order valence-electron chi connectivity index (χ0n) is 13.4. The van der Waals surface area contributed by atoms with E-state index in [0.717, 1.165) is 30.2 Å². The Balaban J connectivity index is 2.41. The van der Waals surface area contributed by atoms with Gasteiger partial charge in [-0.3, -0.25) is 4.98 Å². The Hall–Kier alpha value is -1.78. The van der Waals surface area contributed by atoms with Gasteiger partial charge in [0.15, 0.2) is 0 Å². The first-order valence-corrected chi connectivity index (χ1v) is 6.91. The number of amidine groups is 1. The van der Waals surface area contributed by atoms with Crippen LogP contribution in [0.1, 0.15) is 26.0 Å². The quantitative estimate of drug-likeness (QED) is 0.455. The van der Waals surface area contributed by atoms with Crippen LogP contribution in [0.2, 0.25) is 0 Å². The molecule has 1 aromatic rings. The summed E-state index contributed by atoms with van der Waals surface area (Å²) in [5, 5.41) is 6.19. The van der Waals surface area contributed by atoms with Crippen LogP contribution in [-0.2, 0) is 0 Å². The van der Waals surface area contributed by atoms with Gasteiger partial charge in [0.2, 0.25) is 0 Å². The highest BCUT2D eigenvalue weighted by Gasteiger charge is 2.08. The van der Waals surface area contributed by atoms with Crippen LogP contribution in [0.4, 0.5) is 0 Å². The minimum atomic E-state index is 0.159. The molecule has 0 radical (unpaired) electrons. The fourth-order valence-corrected chi connectivity index (χ4v) is 1.79. The summed E-state index contributed by atoms with van der Waals surface area (Å²) in [5.74, 6) is 1.88. The van der Waals surface area contributed by atoms with Crippen LogP contribution in [0.15, 0.2) is 23.4 Å². The van der Waals surface area contributed by atoms with Gasteiger partial charge in [-0.1, -0.05) is 0 Å². The lowest BCUT2D eigenvalue weighted by Crippen LogP contribution is -2.30. The highest BCUT2D eigenvalue weighted by molar-refractivity contribution is 5.79. The number of aromatic nitrogens is 1. The molecule has 0 aromatic carbocycles. The summed E-state index contributed by atoms with van der Waals surface area (Å²) < 4.78 is 5.89. The SMILES string of the molecule is C/C(=N\N(C)C)N(C)CCC(C)Oc1ccnc(C)c1. The van der Waals surface area contributed by atoms with Gasteiger partial charge in [0.05, 0.1) is 6.10 Å². The van der Waals surface area contributed by atoms with Gasteiger partial charge in [0.25, 0.3) is 0 Å². The van der Waals surface area contributed by atoms with Crippen molar-refractivity contribution in [3.63, 3.8) is 0 Å². The molecule has 0 fully saturated rings. The molecule has 20 heavy (non-hydrogen) atoms. The Kier molecular flexibility index (Phi) is 6.28. The zero-order chi connectivity index (χ0) is 15.1. The predicted octanol–water partition coefficient (Wildman–Crippen LogP) is 2.37. The summed E-state index contributed by atoms with van der Waals surface area (Å²) in [5.41, 5.74) is 0.973. The number of hydrogen-bond donors (Lipinski definition) is 0. The number of nitrogens with zero attached hydrogens (tertiary/aromatic N) is 4. The Morgan fingerprint density at radius 2 is 2.10 bits per heavy atom. The third kappa shape index (κ3) is 5.91. The van der Waals surface area contributed by atoms with E-state index in [1.54, 1.807) is 6.20 Å². The maximum absolute atomic E-state index is 5.89. The largest absolute Gasteiger partial charge is 0.491 e. The van der Waals surface area contributed by atoms with E-state index >= 15 is 0 Å². The summed E-state index contributed by atoms with van der Waals surface area (Å²) >= 11 is 0. The fourth-order valence-electron chi connectivity index (χ4n) is 1.79. The molecule has 0 spiro atoms. The number of hydrogen-bond acceptors (Lipinski definition) is 4. The first-order chi connectivity index (χ1) is 9.38. The average Bonchev–Trinajstić information content (AvgIpc) is 2.35. The van der Waals surface area contributed by atoms with Crippen LogP contribution in [0, 0.1) is 6.92 Å². The van der Waals surface area contributed by atoms with Crippen LogP contribution in [-0.4, -0.2) is 54.5 Å². The monoisotopic (exact) mass is 278 g/mol. The molecule has 5 heteroatoms. The van der Waals surface area contributed by atoms with E-state index in [-0.39, 0.29) is 6.10 Å². The zero-order valence-corrected chi connectivity index (χ0v) is 13.4. The Morgan fingerprint density at radius 1 is 1.40 bits per heavy atom. The second kappa shape index (κ2) is 7.72. The van der Waals surface area contributed by atoms with E-state index in [9.17, 15) is 0 Å². The van der Waals surface area contributed by atoms with Gasteiger partial charge in [0.1, 0.15) is 11.6 Å². The van der Waals surface area contributed by atoms with Crippen LogP contribution in [0.25, 0.3) is 0 Å². The molecule has 0 aliphatic carbocycles. The van der Waals surface area contributed by atoms with E-state index in [1.807, 2.05) is 52.1 Å². The van der Waals surface area contributed by atoms with Gasteiger partial charge < -0.3 is 14.6 Å². The molecule has 0 saturated heterocycles. The molecule has 5 nitrogen and oxygen atoms in total. The number of rotatable bonds is 6. The second-order valence-electron chi connectivity index (χ2n) is 5.27. The van der Waals surface area contributed by atoms with E-state index in [2.05, 4.69) is 21.9 Å². The predicted molar refractivity (Wildman–Crippen MR) is 83.1 cm³/mol. The summed E-state index contributed by atoms with van der Waals surface area (Å²) in [6, 6.07) is 3.85. The van der Waals surface area contributed by atoms with Crippen LogP contribution in [0.3, 0.4) is 0 Å². The molecular weight excluding hydrogens is 252 g/mol. The molecule has 0 saturated carbocycles. The minimum absolute atomic E-state index is 0.159. The molecule has 1 unspecified atom stereocenters. The second-order valence-corrected chi connectivity index (χ2v) is 5.27. The van der Waals surface area contributed by atoms with Gasteiger partial charge in [-0.05, 0) is 26.8 Å². The number of aryl methyl sites for hydroxylation is 1. The van der Waals surface area contributed by atoms with E-state index in [1.165, 1.54) is 0 Å². The van der Waals surface area contributed by atoms with Gasteiger partial charge in [-0.25, -0.2) is 0 Å². The molecule has 0 bridgehead atoms. The summed E-state index contributed by atoms with van der Waals surface area (Å²) in [6.07, 6.45) is 2.88. The fraction of sp³-hybridized carbons (Fsp3) is 0.600. The van der Waals surface area contributed by atoms with Crippen molar-refractivity contribution in [2.45, 2.75) is 33.3 Å². The third-order valence-electron chi connectivity index (χ3n) is 2.97. The van der Waals surface area contributed by atoms with Crippen molar-refractivity contribution >= 4 is 5.84 Å². The van der Waals surface area contributed by atoms with Crippen molar-refractivity contribution in [3.05, 3.63) is 24.0 Å². The lowest BCUT2D eigenvalue weighted by molar-refractivity contribution is 0.200. The van der Waals surface area contributed by atoms with Gasteiger partial charge >= 0.3 is 0 Å². The summed E-state index contributed by atoms with van der Waals surface area (Å²) in [7, 11) is 5.90. The van der Waals surface area contributed by atoms with Crippen molar-refractivity contribution in [1.82, 2.24) is 14.9 Å². The summed E-state index contributed by atoms with van der Waals surface area (Å²) in [4.78, 5) is 6.30. The first-order valence-electron chi connectivity index (χ1n) is 6.91. The topological polar surface area (TPSA) is 41.0 Å². The number of pyridine rings is 1. The number of hydrazone groups is 1. The standard InChI is InChI=1S/C15H26N4O/c1-12-11-15(7-9-16-12)20-13(2)8-10-19(6)14(3)17-18(4)5/h7,9,11,13H,8,10H2,1-6H3/b17-14+. The Bertz CT molecular complexity index is 445. The Morgan fingerprint density at radius 3 is 2.70 bits per heavy atom. The molecule has 1 rings (SSSR count). The lowest BCUT2D eigenvalue weighted by Gasteiger charge is -2.22. The Labute approximate surface area is 122 Å². The van der Waals surface area contributed by atoms with Crippen LogP contribution < -0.4 is 4.74 Å². The maximum atomic E-state index is 5.89. The molecule has 1 heterocycles. The third-order valence-corrected chi connectivity index (χ3v) is 2.97. The molecule has 1 aromatic heterocycles. The maximum Gasteiger partial charge on any atom is 0.123 e. The van der Waals surface area contributed by atoms with Crippen LogP contribution in [0.5, 0.6) is 5.75 Å². The van der Waals surface area contributed by atoms with Crippen molar-refractivity contribution in [2.75, 3.05) is 27.7 Å². The van der Waals surface area contributed by atoms with Crippen molar-refractivity contribution in [3.8, 4) is 5.75 Å². The van der Waals surface area contributed by atoms with E-state index in [4.69, 9.17) is 4.74 Å². The van der Waals surface area contributed by atoms with Crippen LogP contribution >= 0.6 is 0 Å². The molecule has 112 valence electrons. The first kappa shape index (κ1) is 16.3. The van der Waals surface area contributed by atoms with Gasteiger partial charge in [-0.15, -0.1) is 0 Å². The highest BCUT2D eigenvalue weighted by Crippen LogP contribution is 2.13. The minimum Gasteiger partial charge on any atom is -0.491 e. The normalized spacial score (nSPS) is 13.0. The highest BCUT2D eigenvalue weighted by atomic mass is 16.5. The summed E-state index contributed by atoms with van der Waals surface area (Å²) in [6.45, 7) is 6.97. The smallest absolute Gasteiger partial charge is 0.123 e. The molecule has 0 amide bonds. The molecule has 0 aliphatic heterocycles. The number of ether oxygens (including phenoxy) is 1. The lowest BCUT2D eigenvalue weighted by atomic mass is 10.2. The van der Waals surface area contributed by atoms with Crippen molar-refractivity contribution in [1.29, 1.82) is 0 Å². The molecule has 0 N–H and O–H groups in total. The molecule has 0 aliphatic rings.